The van der Waals surface area contributed by atoms with Crippen LogP contribution in [0.5, 0.6) is 5.75 Å². The molecule has 1 aromatic carbocycles. The number of fused-ring (bicyclic) bond motifs is 1. The Morgan fingerprint density at radius 1 is 1.40 bits per heavy atom. The number of nitrogens with one attached hydrogen (secondary N) is 1. The molecule has 0 fully saturated rings. The van der Waals surface area contributed by atoms with Crippen molar-refractivity contribution >= 4 is 32.6 Å². The molecule has 102 valence electrons. The minimum Gasteiger partial charge on any atom is -0.497 e. The summed E-state index contributed by atoms with van der Waals surface area (Å²) in [6.07, 6.45) is 0. The molecule has 0 aliphatic rings. The maximum atomic E-state index is 11.9. The lowest BCUT2D eigenvalue weighted by atomic mass is 10.3. The molecule has 0 atom stereocenters. The van der Waals surface area contributed by atoms with Crippen LogP contribution < -0.4 is 10.1 Å². The number of hydrogen-bond donors (Lipinski definition) is 1. The third-order valence-corrected chi connectivity index (χ3v) is 3.61. The molecule has 0 unspecified atom stereocenters. The molecule has 0 radical (unpaired) electrons. The summed E-state index contributed by atoms with van der Waals surface area (Å²) < 4.78 is 11.0. The van der Waals surface area contributed by atoms with E-state index in [1.807, 2.05) is 18.2 Å². The van der Waals surface area contributed by atoms with Crippen molar-refractivity contribution in [1.82, 2.24) is 10.1 Å². The number of aromatic nitrogens is 2. The van der Waals surface area contributed by atoms with Crippen LogP contribution in [-0.2, 0) is 0 Å². The second-order valence-corrected chi connectivity index (χ2v) is 5.16. The van der Waals surface area contributed by atoms with Gasteiger partial charge in [0.15, 0.2) is 10.8 Å². The van der Waals surface area contributed by atoms with Gasteiger partial charge in [-0.05, 0) is 25.1 Å². The van der Waals surface area contributed by atoms with Crippen LogP contribution in [0.25, 0.3) is 10.2 Å². The van der Waals surface area contributed by atoms with Crippen LogP contribution in [-0.4, -0.2) is 23.2 Å². The number of carbonyl (C=O) groups excluding carboxylic acids is 1. The van der Waals surface area contributed by atoms with Crippen molar-refractivity contribution in [2.45, 2.75) is 6.92 Å². The number of rotatable bonds is 3. The predicted molar refractivity (Wildman–Crippen MR) is 75.4 cm³/mol. The van der Waals surface area contributed by atoms with E-state index in [0.717, 1.165) is 16.0 Å². The van der Waals surface area contributed by atoms with Crippen molar-refractivity contribution in [3.05, 3.63) is 35.7 Å². The number of nitrogens with zero attached hydrogens (tertiary/aromatic N) is 2. The summed E-state index contributed by atoms with van der Waals surface area (Å²) in [5.41, 5.74) is 1.04. The van der Waals surface area contributed by atoms with E-state index in [1.165, 1.54) is 11.3 Å². The number of anilines is 1. The van der Waals surface area contributed by atoms with E-state index >= 15 is 0 Å². The molecule has 0 saturated heterocycles. The van der Waals surface area contributed by atoms with Gasteiger partial charge in [-0.25, -0.2) is 4.98 Å². The topological polar surface area (TPSA) is 77.2 Å². The van der Waals surface area contributed by atoms with Crippen molar-refractivity contribution in [3.8, 4) is 5.75 Å². The molecule has 0 bridgehead atoms. The summed E-state index contributed by atoms with van der Waals surface area (Å²) in [5, 5.41) is 6.88. The van der Waals surface area contributed by atoms with Crippen LogP contribution in [0.3, 0.4) is 0 Å². The second kappa shape index (κ2) is 4.93. The van der Waals surface area contributed by atoms with E-state index in [9.17, 15) is 4.79 Å². The highest BCUT2D eigenvalue weighted by Gasteiger charge is 2.13. The number of carbonyl (C=O) groups is 1. The van der Waals surface area contributed by atoms with Gasteiger partial charge in [0.2, 0.25) is 0 Å². The monoisotopic (exact) mass is 289 g/mol. The Kier molecular flexibility index (Phi) is 3.11. The van der Waals surface area contributed by atoms with Crippen LogP contribution in [0, 0.1) is 6.92 Å². The molecule has 3 aromatic rings. The Morgan fingerprint density at radius 3 is 2.95 bits per heavy atom. The summed E-state index contributed by atoms with van der Waals surface area (Å²) in [5.74, 6) is 1.00. The summed E-state index contributed by atoms with van der Waals surface area (Å²) in [6, 6.07) is 7.13. The number of thiazole rings is 1. The maximum absolute atomic E-state index is 11.9. The number of benzene rings is 1. The highest BCUT2D eigenvalue weighted by Crippen LogP contribution is 2.29. The van der Waals surface area contributed by atoms with Gasteiger partial charge in [-0.15, -0.1) is 0 Å². The molecular weight excluding hydrogens is 278 g/mol. The Bertz CT molecular complexity index is 778. The highest BCUT2D eigenvalue weighted by atomic mass is 32.1. The molecule has 20 heavy (non-hydrogen) atoms. The molecule has 1 amide bonds. The molecular formula is C13H11N3O3S. The third-order valence-electron chi connectivity index (χ3n) is 2.68. The van der Waals surface area contributed by atoms with Crippen molar-refractivity contribution in [3.63, 3.8) is 0 Å². The van der Waals surface area contributed by atoms with E-state index in [2.05, 4.69) is 15.5 Å². The third kappa shape index (κ3) is 2.35. The minimum absolute atomic E-state index is 0.235. The lowest BCUT2D eigenvalue weighted by Crippen LogP contribution is -2.11. The van der Waals surface area contributed by atoms with Gasteiger partial charge in [0, 0.05) is 6.07 Å². The average Bonchev–Trinajstić information content (AvgIpc) is 3.03. The fourth-order valence-electron chi connectivity index (χ4n) is 1.72. The van der Waals surface area contributed by atoms with Gasteiger partial charge < -0.3 is 9.26 Å². The molecule has 3 rings (SSSR count). The lowest BCUT2D eigenvalue weighted by molar-refractivity contribution is 0.101. The largest absolute Gasteiger partial charge is 0.497 e. The Balaban J connectivity index is 1.85. The fourth-order valence-corrected chi connectivity index (χ4v) is 2.61. The summed E-state index contributed by atoms with van der Waals surface area (Å²) in [6.45, 7) is 1.73. The van der Waals surface area contributed by atoms with Crippen molar-refractivity contribution in [2.24, 2.45) is 0 Å². The average molecular weight is 289 g/mol. The summed E-state index contributed by atoms with van der Waals surface area (Å²) in [4.78, 5) is 16.3. The first-order chi connectivity index (χ1) is 9.65. The van der Waals surface area contributed by atoms with Crippen molar-refractivity contribution < 1.29 is 14.1 Å². The van der Waals surface area contributed by atoms with E-state index in [1.54, 1.807) is 20.1 Å². The van der Waals surface area contributed by atoms with Crippen molar-refractivity contribution in [1.29, 1.82) is 0 Å². The van der Waals surface area contributed by atoms with Gasteiger partial charge in [-0.2, -0.15) is 0 Å². The van der Waals surface area contributed by atoms with Crippen LogP contribution in [0.4, 0.5) is 5.13 Å². The molecule has 0 spiro atoms. The zero-order valence-corrected chi connectivity index (χ0v) is 11.7. The number of hydrogen-bond acceptors (Lipinski definition) is 6. The van der Waals surface area contributed by atoms with Gasteiger partial charge in [-0.1, -0.05) is 16.5 Å². The van der Waals surface area contributed by atoms with Crippen molar-refractivity contribution in [2.75, 3.05) is 12.4 Å². The summed E-state index contributed by atoms with van der Waals surface area (Å²) in [7, 11) is 1.61. The standard InChI is InChI=1S/C13H11N3O3S/c1-7-5-10(16-19-7)12(17)15-13-14-9-4-3-8(18-2)6-11(9)20-13/h3-6H,1-2H3,(H,14,15,17). The zero-order valence-electron chi connectivity index (χ0n) is 10.8. The summed E-state index contributed by atoms with van der Waals surface area (Å²) >= 11 is 1.38. The minimum atomic E-state index is -0.340. The number of aryl methyl sites for hydroxylation is 1. The van der Waals surface area contributed by atoms with E-state index in [4.69, 9.17) is 9.26 Å². The van der Waals surface area contributed by atoms with Gasteiger partial charge in [-0.3, -0.25) is 10.1 Å². The van der Waals surface area contributed by atoms with E-state index in [-0.39, 0.29) is 11.6 Å². The first-order valence-corrected chi connectivity index (χ1v) is 6.66. The zero-order chi connectivity index (χ0) is 14.1. The number of amides is 1. The molecule has 0 aliphatic carbocycles. The Morgan fingerprint density at radius 2 is 2.25 bits per heavy atom. The normalized spacial score (nSPS) is 10.7. The van der Waals surface area contributed by atoms with Crippen LogP contribution in [0.15, 0.2) is 28.8 Å². The Hall–Kier alpha value is -2.41. The molecule has 0 saturated carbocycles. The maximum Gasteiger partial charge on any atom is 0.279 e. The quantitative estimate of drug-likeness (QED) is 0.802. The van der Waals surface area contributed by atoms with Gasteiger partial charge in [0.1, 0.15) is 11.5 Å². The molecule has 0 aliphatic heterocycles. The number of ether oxygens (including phenoxy) is 1. The molecule has 2 heterocycles. The smallest absolute Gasteiger partial charge is 0.279 e. The van der Waals surface area contributed by atoms with Gasteiger partial charge in [0.05, 0.1) is 17.3 Å². The predicted octanol–water partition coefficient (Wildman–Crippen LogP) is 2.85. The molecule has 1 N–H and O–H groups in total. The van der Waals surface area contributed by atoms with Crippen LogP contribution in [0.2, 0.25) is 0 Å². The fraction of sp³-hybridized carbons (Fsp3) is 0.154. The van der Waals surface area contributed by atoms with E-state index < -0.39 is 0 Å². The SMILES string of the molecule is COc1ccc2nc(NC(=O)c3cc(C)on3)sc2c1. The second-order valence-electron chi connectivity index (χ2n) is 4.13. The lowest BCUT2D eigenvalue weighted by Gasteiger charge is -1.96. The van der Waals surface area contributed by atoms with Crippen LogP contribution >= 0.6 is 11.3 Å². The highest BCUT2D eigenvalue weighted by molar-refractivity contribution is 7.22. The first-order valence-electron chi connectivity index (χ1n) is 5.85. The first kappa shape index (κ1) is 12.6. The Labute approximate surface area is 118 Å². The number of methoxy groups -OCH3 is 1. The molecule has 6 nitrogen and oxygen atoms in total. The van der Waals surface area contributed by atoms with E-state index in [0.29, 0.717) is 10.9 Å². The van der Waals surface area contributed by atoms with Gasteiger partial charge in [0.25, 0.3) is 5.91 Å². The molecule has 2 aromatic heterocycles. The molecule has 7 heteroatoms. The van der Waals surface area contributed by atoms with Gasteiger partial charge >= 0.3 is 0 Å². The van der Waals surface area contributed by atoms with Crippen LogP contribution in [0.1, 0.15) is 16.2 Å².